The number of hydrogen-bond acceptors (Lipinski definition) is 2. The summed E-state index contributed by atoms with van der Waals surface area (Å²) < 4.78 is 5.39. The molecule has 1 saturated carbocycles. The van der Waals surface area contributed by atoms with Gasteiger partial charge in [0, 0.05) is 32.2 Å². The average molecular weight is 388 g/mol. The standard InChI is InChI=1S/C13H16NO.Re/c1-15-13-5-3-2-4-11(13)12-7-10-6-9(12)8-14-10;/h2-4,9-10,12,14H,6-8H2,1H3;/q-1;. The maximum absolute atomic E-state index is 5.39. The van der Waals surface area contributed by atoms with Crippen LogP contribution >= 0.6 is 0 Å². The van der Waals surface area contributed by atoms with Gasteiger partial charge >= 0.3 is 0 Å². The number of nitrogens with one attached hydrogen (secondary N) is 1. The quantitative estimate of drug-likeness (QED) is 0.782. The summed E-state index contributed by atoms with van der Waals surface area (Å²) in [5.41, 5.74) is 1.36. The Morgan fingerprint density at radius 1 is 1.44 bits per heavy atom. The summed E-state index contributed by atoms with van der Waals surface area (Å²) >= 11 is 0. The molecule has 0 spiro atoms. The van der Waals surface area contributed by atoms with Crippen LogP contribution in [0.5, 0.6) is 5.75 Å². The second kappa shape index (κ2) is 4.88. The van der Waals surface area contributed by atoms with Crippen molar-refractivity contribution in [1.29, 1.82) is 0 Å². The fourth-order valence-electron chi connectivity index (χ4n) is 3.12. The Morgan fingerprint density at radius 3 is 2.94 bits per heavy atom. The summed E-state index contributed by atoms with van der Waals surface area (Å²) in [4.78, 5) is 0. The molecule has 1 heterocycles. The number of para-hydroxylation sites is 1. The van der Waals surface area contributed by atoms with Crippen molar-refractivity contribution in [3.05, 3.63) is 29.8 Å². The molecule has 2 fully saturated rings. The third-order valence-electron chi connectivity index (χ3n) is 3.82. The van der Waals surface area contributed by atoms with Gasteiger partial charge < -0.3 is 10.1 Å². The zero-order valence-corrected chi connectivity index (χ0v) is 12.1. The zero-order chi connectivity index (χ0) is 10.3. The van der Waals surface area contributed by atoms with E-state index in [9.17, 15) is 0 Å². The second-order valence-electron chi connectivity index (χ2n) is 4.60. The van der Waals surface area contributed by atoms with Crippen molar-refractivity contribution in [3.63, 3.8) is 0 Å². The van der Waals surface area contributed by atoms with Gasteiger partial charge in [-0.3, -0.25) is 0 Å². The molecule has 1 aromatic carbocycles. The topological polar surface area (TPSA) is 21.3 Å². The van der Waals surface area contributed by atoms with Crippen LogP contribution in [0.4, 0.5) is 0 Å². The van der Waals surface area contributed by atoms with Gasteiger partial charge in [-0.15, -0.1) is 11.6 Å². The van der Waals surface area contributed by atoms with Crippen LogP contribution in [0.1, 0.15) is 24.3 Å². The molecule has 0 amide bonds. The number of benzene rings is 1. The van der Waals surface area contributed by atoms with Gasteiger partial charge in [0.2, 0.25) is 0 Å². The van der Waals surface area contributed by atoms with E-state index in [2.05, 4.69) is 23.5 Å². The van der Waals surface area contributed by atoms with Crippen molar-refractivity contribution < 1.29 is 25.2 Å². The van der Waals surface area contributed by atoms with E-state index in [0.29, 0.717) is 5.92 Å². The molecular weight excluding hydrogens is 372 g/mol. The van der Waals surface area contributed by atoms with E-state index in [0.717, 1.165) is 17.7 Å². The molecule has 1 aliphatic carbocycles. The Bertz CT molecular complexity index is 369. The van der Waals surface area contributed by atoms with Crippen molar-refractivity contribution in [2.45, 2.75) is 24.8 Å². The largest absolute Gasteiger partial charge is 0.522 e. The van der Waals surface area contributed by atoms with Crippen molar-refractivity contribution >= 4 is 0 Å². The fourth-order valence-corrected chi connectivity index (χ4v) is 3.12. The minimum atomic E-state index is 0. The van der Waals surface area contributed by atoms with Crippen LogP contribution in [0.2, 0.25) is 0 Å². The molecule has 87 valence electrons. The first-order valence-corrected chi connectivity index (χ1v) is 5.66. The van der Waals surface area contributed by atoms with Crippen molar-refractivity contribution in [2.24, 2.45) is 5.92 Å². The van der Waals surface area contributed by atoms with Crippen LogP contribution in [0.15, 0.2) is 18.2 Å². The molecule has 1 N–H and O–H groups in total. The normalized spacial score (nSPS) is 31.2. The Balaban J connectivity index is 0.000000963. The maximum atomic E-state index is 5.39. The summed E-state index contributed by atoms with van der Waals surface area (Å²) in [6.07, 6.45) is 2.60. The molecule has 3 heteroatoms. The Kier molecular flexibility index (Phi) is 3.69. The van der Waals surface area contributed by atoms with Gasteiger partial charge in [0.25, 0.3) is 0 Å². The SMILES string of the molecule is COc1[c-]cccc1C1CC2CC1CN2.[Re]. The van der Waals surface area contributed by atoms with E-state index in [1.54, 1.807) is 7.11 Å². The van der Waals surface area contributed by atoms with Crippen LogP contribution in [0.3, 0.4) is 0 Å². The van der Waals surface area contributed by atoms with Crippen LogP contribution in [0.25, 0.3) is 0 Å². The van der Waals surface area contributed by atoms with Gasteiger partial charge in [0.05, 0.1) is 7.11 Å². The van der Waals surface area contributed by atoms with E-state index in [1.165, 1.54) is 24.9 Å². The third-order valence-corrected chi connectivity index (χ3v) is 3.82. The van der Waals surface area contributed by atoms with Gasteiger partial charge in [-0.25, -0.2) is 0 Å². The first kappa shape index (κ1) is 12.1. The number of methoxy groups -OCH3 is 1. The Hall–Kier alpha value is -0.358. The van der Waals surface area contributed by atoms with Crippen LogP contribution in [0, 0.1) is 12.0 Å². The summed E-state index contributed by atoms with van der Waals surface area (Å²) in [6.45, 7) is 1.17. The molecule has 1 aromatic rings. The van der Waals surface area contributed by atoms with Crippen LogP contribution in [-0.4, -0.2) is 19.7 Å². The Labute approximate surface area is 110 Å². The smallest absolute Gasteiger partial charge is 0.0743 e. The second-order valence-corrected chi connectivity index (χ2v) is 4.60. The van der Waals surface area contributed by atoms with Gasteiger partial charge in [-0.05, 0) is 25.3 Å². The van der Waals surface area contributed by atoms with Crippen molar-refractivity contribution in [2.75, 3.05) is 13.7 Å². The molecule has 1 aliphatic heterocycles. The zero-order valence-electron chi connectivity index (χ0n) is 9.37. The molecule has 1 radical (unpaired) electrons. The molecular formula is C13H16NORe-. The van der Waals surface area contributed by atoms with Gasteiger partial charge in [0.15, 0.2) is 0 Å². The van der Waals surface area contributed by atoms with Crippen LogP contribution < -0.4 is 10.1 Å². The minimum Gasteiger partial charge on any atom is -0.522 e. The van der Waals surface area contributed by atoms with Crippen molar-refractivity contribution in [1.82, 2.24) is 5.32 Å². The van der Waals surface area contributed by atoms with E-state index < -0.39 is 0 Å². The van der Waals surface area contributed by atoms with Gasteiger partial charge in [0.1, 0.15) is 0 Å². The van der Waals surface area contributed by atoms with Crippen molar-refractivity contribution in [3.8, 4) is 5.75 Å². The van der Waals surface area contributed by atoms with E-state index >= 15 is 0 Å². The summed E-state index contributed by atoms with van der Waals surface area (Å²) in [6, 6.07) is 10.1. The average Bonchev–Trinajstić information content (AvgIpc) is 2.90. The molecule has 2 bridgehead atoms. The maximum Gasteiger partial charge on any atom is 0.0743 e. The van der Waals surface area contributed by atoms with E-state index in [4.69, 9.17) is 4.74 Å². The first-order valence-electron chi connectivity index (χ1n) is 5.66. The number of rotatable bonds is 2. The molecule has 3 rings (SSSR count). The predicted molar refractivity (Wildman–Crippen MR) is 59.1 cm³/mol. The van der Waals surface area contributed by atoms with E-state index in [1.807, 2.05) is 6.07 Å². The van der Waals surface area contributed by atoms with Gasteiger partial charge in [-0.1, -0.05) is 5.92 Å². The number of piperidine rings is 1. The molecule has 0 aromatic heterocycles. The first-order chi connectivity index (χ1) is 7.38. The fraction of sp³-hybridized carbons (Fsp3) is 0.538. The Morgan fingerprint density at radius 2 is 2.31 bits per heavy atom. The predicted octanol–water partition coefficient (Wildman–Crippen LogP) is 1.96. The van der Waals surface area contributed by atoms with Crippen LogP contribution in [-0.2, 0) is 20.4 Å². The number of hydrogen-bond donors (Lipinski definition) is 1. The van der Waals surface area contributed by atoms with Gasteiger partial charge in [-0.2, -0.15) is 18.2 Å². The number of fused-ring (bicyclic) bond motifs is 2. The molecule has 3 unspecified atom stereocenters. The summed E-state index contributed by atoms with van der Waals surface area (Å²) in [5, 5.41) is 3.54. The molecule has 16 heavy (non-hydrogen) atoms. The summed E-state index contributed by atoms with van der Waals surface area (Å²) in [7, 11) is 1.74. The molecule has 2 nitrogen and oxygen atoms in total. The molecule has 3 atom stereocenters. The summed E-state index contributed by atoms with van der Waals surface area (Å²) in [5.74, 6) is 2.43. The molecule has 2 aliphatic rings. The minimum absolute atomic E-state index is 0. The molecule has 1 saturated heterocycles. The third kappa shape index (κ3) is 1.93. The number of ether oxygens (including phenoxy) is 1. The monoisotopic (exact) mass is 389 g/mol. The van der Waals surface area contributed by atoms with E-state index in [-0.39, 0.29) is 20.4 Å².